The van der Waals surface area contributed by atoms with Gasteiger partial charge in [-0.25, -0.2) is 0 Å². The minimum atomic E-state index is -0.467. The third-order valence-corrected chi connectivity index (χ3v) is 2.63. The molecule has 5 nitrogen and oxygen atoms in total. The molecular weight excluding hydrogens is 258 g/mol. The number of hydrogen-bond donors (Lipinski definition) is 1. The van der Waals surface area contributed by atoms with Gasteiger partial charge in [0, 0.05) is 0 Å². The van der Waals surface area contributed by atoms with Gasteiger partial charge in [0.1, 0.15) is 24.1 Å². The number of likely N-dealkylation sites (N-methyl/N-ethyl adjacent to an activating group) is 1. The first-order valence-corrected chi connectivity index (χ1v) is 6.90. The molecule has 0 amide bonds. The molecule has 0 saturated carbocycles. The highest BCUT2D eigenvalue weighted by molar-refractivity contribution is 5.75. The van der Waals surface area contributed by atoms with E-state index in [0.29, 0.717) is 19.0 Å². The third-order valence-electron chi connectivity index (χ3n) is 2.63. The van der Waals surface area contributed by atoms with Crippen molar-refractivity contribution in [3.8, 4) is 11.5 Å². The zero-order valence-electron chi connectivity index (χ0n) is 12.3. The van der Waals surface area contributed by atoms with Crippen LogP contribution in [0.5, 0.6) is 11.5 Å². The van der Waals surface area contributed by atoms with Crippen molar-refractivity contribution in [2.45, 2.75) is 26.3 Å². The fourth-order valence-corrected chi connectivity index (χ4v) is 1.54. The summed E-state index contributed by atoms with van der Waals surface area (Å²) in [6.07, 6.45) is 0.974. The van der Waals surface area contributed by atoms with Crippen molar-refractivity contribution in [3.05, 3.63) is 24.3 Å². The van der Waals surface area contributed by atoms with Gasteiger partial charge in [0.25, 0.3) is 0 Å². The van der Waals surface area contributed by atoms with Crippen LogP contribution in [0.3, 0.4) is 0 Å². The van der Waals surface area contributed by atoms with Crippen LogP contribution < -0.4 is 14.8 Å². The van der Waals surface area contributed by atoms with E-state index in [1.807, 2.05) is 24.3 Å². The first-order chi connectivity index (χ1) is 9.71. The lowest BCUT2D eigenvalue weighted by molar-refractivity contribution is -0.146. The summed E-state index contributed by atoms with van der Waals surface area (Å²) in [7, 11) is 1.70. The molecule has 0 aliphatic rings. The molecular formula is C15H23NO4. The summed E-state index contributed by atoms with van der Waals surface area (Å²) in [5.74, 6) is 1.20. The van der Waals surface area contributed by atoms with Crippen LogP contribution in [0, 0.1) is 0 Å². The number of rotatable bonds is 9. The SMILES string of the molecule is CCCOc1ccc(OCC(NC)C(=O)OCC)cc1. The molecule has 112 valence electrons. The van der Waals surface area contributed by atoms with Gasteiger partial charge in [-0.2, -0.15) is 0 Å². The molecule has 1 aromatic rings. The summed E-state index contributed by atoms with van der Waals surface area (Å²) in [6, 6.07) is 6.88. The van der Waals surface area contributed by atoms with Crippen molar-refractivity contribution < 1.29 is 19.0 Å². The zero-order valence-corrected chi connectivity index (χ0v) is 12.3. The molecule has 1 aromatic carbocycles. The molecule has 20 heavy (non-hydrogen) atoms. The van der Waals surface area contributed by atoms with E-state index < -0.39 is 6.04 Å². The Bertz CT molecular complexity index is 391. The maximum Gasteiger partial charge on any atom is 0.326 e. The van der Waals surface area contributed by atoms with Gasteiger partial charge >= 0.3 is 5.97 Å². The molecule has 0 aliphatic heterocycles. The molecule has 1 N–H and O–H groups in total. The van der Waals surface area contributed by atoms with E-state index in [9.17, 15) is 4.79 Å². The van der Waals surface area contributed by atoms with Crippen LogP contribution in [0.1, 0.15) is 20.3 Å². The second-order valence-electron chi connectivity index (χ2n) is 4.22. The highest BCUT2D eigenvalue weighted by Crippen LogP contribution is 2.17. The minimum Gasteiger partial charge on any atom is -0.494 e. The zero-order chi connectivity index (χ0) is 14.8. The topological polar surface area (TPSA) is 56.8 Å². The predicted molar refractivity (Wildman–Crippen MR) is 77.2 cm³/mol. The van der Waals surface area contributed by atoms with Gasteiger partial charge in [0.05, 0.1) is 13.2 Å². The van der Waals surface area contributed by atoms with Gasteiger partial charge in [-0.15, -0.1) is 0 Å². The van der Waals surface area contributed by atoms with E-state index in [1.165, 1.54) is 0 Å². The van der Waals surface area contributed by atoms with Crippen molar-refractivity contribution in [2.24, 2.45) is 0 Å². The Morgan fingerprint density at radius 3 is 2.25 bits per heavy atom. The predicted octanol–water partition coefficient (Wildman–Crippen LogP) is 2.01. The van der Waals surface area contributed by atoms with Crippen molar-refractivity contribution in [3.63, 3.8) is 0 Å². The number of nitrogens with one attached hydrogen (secondary N) is 1. The molecule has 1 rings (SSSR count). The summed E-state index contributed by atoms with van der Waals surface area (Å²) >= 11 is 0. The normalized spacial score (nSPS) is 11.8. The van der Waals surface area contributed by atoms with Crippen molar-refractivity contribution in [1.29, 1.82) is 0 Å². The minimum absolute atomic E-state index is 0.227. The van der Waals surface area contributed by atoms with E-state index in [0.717, 1.165) is 12.2 Å². The Morgan fingerprint density at radius 1 is 1.15 bits per heavy atom. The van der Waals surface area contributed by atoms with E-state index in [4.69, 9.17) is 14.2 Å². The molecule has 0 aromatic heterocycles. The summed E-state index contributed by atoms with van der Waals surface area (Å²) in [4.78, 5) is 11.6. The maximum atomic E-state index is 11.6. The quantitative estimate of drug-likeness (QED) is 0.702. The van der Waals surface area contributed by atoms with Gasteiger partial charge in [-0.05, 0) is 44.7 Å². The van der Waals surface area contributed by atoms with Crippen LogP contribution in [0.4, 0.5) is 0 Å². The Morgan fingerprint density at radius 2 is 1.75 bits per heavy atom. The van der Waals surface area contributed by atoms with Gasteiger partial charge in [0.15, 0.2) is 0 Å². The van der Waals surface area contributed by atoms with Gasteiger partial charge in [0.2, 0.25) is 0 Å². The molecule has 5 heteroatoms. The van der Waals surface area contributed by atoms with E-state index in [-0.39, 0.29) is 12.6 Å². The Kier molecular flexibility index (Phi) is 7.50. The standard InChI is InChI=1S/C15H23NO4/c1-4-10-19-12-6-8-13(9-7-12)20-11-14(16-3)15(17)18-5-2/h6-9,14,16H,4-5,10-11H2,1-3H3. The second-order valence-corrected chi connectivity index (χ2v) is 4.22. The summed E-state index contributed by atoms with van der Waals surface area (Å²) in [5, 5.41) is 2.87. The molecule has 0 fully saturated rings. The van der Waals surface area contributed by atoms with Crippen molar-refractivity contribution >= 4 is 5.97 Å². The Balaban J connectivity index is 2.45. The highest BCUT2D eigenvalue weighted by Gasteiger charge is 2.18. The lowest BCUT2D eigenvalue weighted by Crippen LogP contribution is -2.40. The first kappa shape index (κ1) is 16.3. The van der Waals surface area contributed by atoms with Gasteiger partial charge < -0.3 is 19.5 Å². The average molecular weight is 281 g/mol. The summed E-state index contributed by atoms with van der Waals surface area (Å²) in [5.41, 5.74) is 0. The first-order valence-electron chi connectivity index (χ1n) is 6.90. The molecule has 1 atom stereocenters. The second kappa shape index (κ2) is 9.20. The monoisotopic (exact) mass is 281 g/mol. The Hall–Kier alpha value is -1.75. The van der Waals surface area contributed by atoms with Gasteiger partial charge in [-0.3, -0.25) is 4.79 Å². The molecule has 0 aliphatic carbocycles. The largest absolute Gasteiger partial charge is 0.494 e. The van der Waals surface area contributed by atoms with E-state index in [1.54, 1.807) is 14.0 Å². The van der Waals surface area contributed by atoms with Crippen molar-refractivity contribution in [2.75, 3.05) is 26.9 Å². The Labute approximate surface area is 120 Å². The van der Waals surface area contributed by atoms with Crippen LogP contribution in [-0.2, 0) is 9.53 Å². The number of ether oxygens (including phenoxy) is 3. The number of esters is 1. The van der Waals surface area contributed by atoms with Crippen LogP contribution >= 0.6 is 0 Å². The molecule has 0 heterocycles. The number of carbonyl (C=O) groups excluding carboxylic acids is 1. The molecule has 0 saturated heterocycles. The van der Waals surface area contributed by atoms with Crippen molar-refractivity contribution in [1.82, 2.24) is 5.32 Å². The number of carbonyl (C=O) groups is 1. The van der Waals surface area contributed by atoms with Gasteiger partial charge in [-0.1, -0.05) is 6.92 Å². The van der Waals surface area contributed by atoms with E-state index in [2.05, 4.69) is 12.2 Å². The lowest BCUT2D eigenvalue weighted by atomic mass is 10.3. The summed E-state index contributed by atoms with van der Waals surface area (Å²) in [6.45, 7) is 5.13. The molecule has 0 bridgehead atoms. The van der Waals surface area contributed by atoms with Crippen LogP contribution in [0.25, 0.3) is 0 Å². The highest BCUT2D eigenvalue weighted by atomic mass is 16.5. The number of benzene rings is 1. The van der Waals surface area contributed by atoms with Crippen LogP contribution in [0.2, 0.25) is 0 Å². The fourth-order valence-electron chi connectivity index (χ4n) is 1.54. The van der Waals surface area contributed by atoms with Crippen LogP contribution in [-0.4, -0.2) is 38.9 Å². The smallest absolute Gasteiger partial charge is 0.326 e. The summed E-state index contributed by atoms with van der Waals surface area (Å²) < 4.78 is 16.0. The lowest BCUT2D eigenvalue weighted by Gasteiger charge is -2.15. The maximum absolute atomic E-state index is 11.6. The number of hydrogen-bond acceptors (Lipinski definition) is 5. The molecule has 0 spiro atoms. The van der Waals surface area contributed by atoms with Crippen LogP contribution in [0.15, 0.2) is 24.3 Å². The van der Waals surface area contributed by atoms with E-state index >= 15 is 0 Å². The average Bonchev–Trinajstić information content (AvgIpc) is 2.47. The molecule has 0 radical (unpaired) electrons. The third kappa shape index (κ3) is 5.48. The fraction of sp³-hybridized carbons (Fsp3) is 0.533. The molecule has 1 unspecified atom stereocenters.